The van der Waals surface area contributed by atoms with Crippen molar-refractivity contribution in [3.05, 3.63) is 60.4 Å². The standard InChI is InChI=1S/C14H12N4O/c15-11-5-1-2-6-12(11)17-14(19)10-9-16-18-8-4-3-7-13(10)18/h1-9H,15H2,(H,17,19). The van der Waals surface area contributed by atoms with Crippen LogP contribution in [0.25, 0.3) is 5.52 Å². The van der Waals surface area contributed by atoms with Crippen molar-refractivity contribution in [2.24, 2.45) is 0 Å². The number of anilines is 2. The maximum absolute atomic E-state index is 12.2. The molecule has 1 aromatic carbocycles. The average Bonchev–Trinajstić information content (AvgIpc) is 2.85. The van der Waals surface area contributed by atoms with E-state index in [4.69, 9.17) is 5.73 Å². The normalized spacial score (nSPS) is 10.5. The number of hydrogen-bond donors (Lipinski definition) is 2. The summed E-state index contributed by atoms with van der Waals surface area (Å²) in [7, 11) is 0. The van der Waals surface area contributed by atoms with E-state index in [0.29, 0.717) is 16.9 Å². The molecule has 0 aliphatic rings. The molecule has 3 rings (SSSR count). The molecule has 3 N–H and O–H groups in total. The maximum atomic E-state index is 12.2. The molecule has 0 bridgehead atoms. The molecule has 94 valence electrons. The Morgan fingerprint density at radius 2 is 1.95 bits per heavy atom. The SMILES string of the molecule is Nc1ccccc1NC(=O)c1cnn2ccccc12. The number of carbonyl (C=O) groups is 1. The molecule has 0 saturated heterocycles. The van der Waals surface area contributed by atoms with Crippen molar-refractivity contribution < 1.29 is 4.79 Å². The van der Waals surface area contributed by atoms with Gasteiger partial charge in [0.2, 0.25) is 0 Å². The van der Waals surface area contributed by atoms with Crippen molar-refractivity contribution in [1.82, 2.24) is 9.61 Å². The zero-order valence-electron chi connectivity index (χ0n) is 10.1. The highest BCUT2D eigenvalue weighted by atomic mass is 16.1. The smallest absolute Gasteiger partial charge is 0.259 e. The van der Waals surface area contributed by atoms with E-state index in [-0.39, 0.29) is 5.91 Å². The Balaban J connectivity index is 1.95. The summed E-state index contributed by atoms with van der Waals surface area (Å²) in [6.07, 6.45) is 3.34. The molecule has 0 spiro atoms. The van der Waals surface area contributed by atoms with Crippen LogP contribution in [0.5, 0.6) is 0 Å². The van der Waals surface area contributed by atoms with Crippen LogP contribution in [0.4, 0.5) is 11.4 Å². The van der Waals surface area contributed by atoms with Gasteiger partial charge in [-0.15, -0.1) is 0 Å². The summed E-state index contributed by atoms with van der Waals surface area (Å²) in [6.45, 7) is 0. The number of nitrogen functional groups attached to an aromatic ring is 1. The number of amides is 1. The van der Waals surface area contributed by atoms with Crippen molar-refractivity contribution in [2.75, 3.05) is 11.1 Å². The third kappa shape index (κ3) is 2.01. The fourth-order valence-corrected chi connectivity index (χ4v) is 1.91. The second kappa shape index (κ2) is 4.45. The van der Waals surface area contributed by atoms with Gasteiger partial charge in [0.15, 0.2) is 0 Å². The van der Waals surface area contributed by atoms with Gasteiger partial charge < -0.3 is 11.1 Å². The highest BCUT2D eigenvalue weighted by Gasteiger charge is 2.13. The van der Waals surface area contributed by atoms with E-state index >= 15 is 0 Å². The van der Waals surface area contributed by atoms with Gasteiger partial charge in [-0.1, -0.05) is 18.2 Å². The average molecular weight is 252 g/mol. The topological polar surface area (TPSA) is 72.4 Å². The number of benzene rings is 1. The van der Waals surface area contributed by atoms with Gasteiger partial charge in [0.1, 0.15) is 0 Å². The first kappa shape index (κ1) is 11.3. The van der Waals surface area contributed by atoms with Crippen LogP contribution < -0.4 is 11.1 Å². The predicted molar refractivity (Wildman–Crippen MR) is 74.0 cm³/mol. The molecular weight excluding hydrogens is 240 g/mol. The molecule has 0 aliphatic carbocycles. The maximum Gasteiger partial charge on any atom is 0.259 e. The van der Waals surface area contributed by atoms with E-state index in [0.717, 1.165) is 5.52 Å². The molecule has 0 unspecified atom stereocenters. The van der Waals surface area contributed by atoms with Gasteiger partial charge in [-0.05, 0) is 24.3 Å². The zero-order valence-corrected chi connectivity index (χ0v) is 10.1. The number of hydrogen-bond acceptors (Lipinski definition) is 3. The summed E-state index contributed by atoms with van der Waals surface area (Å²) in [4.78, 5) is 12.2. The van der Waals surface area contributed by atoms with E-state index < -0.39 is 0 Å². The summed E-state index contributed by atoms with van der Waals surface area (Å²) in [5, 5.41) is 6.92. The van der Waals surface area contributed by atoms with E-state index in [1.165, 1.54) is 0 Å². The summed E-state index contributed by atoms with van der Waals surface area (Å²) >= 11 is 0. The van der Waals surface area contributed by atoms with E-state index in [2.05, 4.69) is 10.4 Å². The lowest BCUT2D eigenvalue weighted by Gasteiger charge is -2.06. The fraction of sp³-hybridized carbons (Fsp3) is 0. The monoisotopic (exact) mass is 252 g/mol. The minimum atomic E-state index is -0.223. The lowest BCUT2D eigenvalue weighted by Crippen LogP contribution is -2.12. The molecule has 2 aromatic heterocycles. The van der Waals surface area contributed by atoms with Crippen LogP contribution >= 0.6 is 0 Å². The summed E-state index contributed by atoms with van der Waals surface area (Å²) in [6, 6.07) is 12.7. The Hall–Kier alpha value is -2.82. The molecule has 0 aliphatic heterocycles. The minimum Gasteiger partial charge on any atom is -0.397 e. The predicted octanol–water partition coefficient (Wildman–Crippen LogP) is 2.17. The van der Waals surface area contributed by atoms with Crippen LogP contribution in [0.1, 0.15) is 10.4 Å². The van der Waals surface area contributed by atoms with E-state index in [9.17, 15) is 4.79 Å². The lowest BCUT2D eigenvalue weighted by molar-refractivity contribution is 0.102. The highest BCUT2D eigenvalue weighted by Crippen LogP contribution is 2.19. The molecule has 5 nitrogen and oxygen atoms in total. The zero-order chi connectivity index (χ0) is 13.2. The van der Waals surface area contributed by atoms with Crippen LogP contribution in [0.15, 0.2) is 54.9 Å². The number of aromatic nitrogens is 2. The highest BCUT2D eigenvalue weighted by molar-refractivity contribution is 6.09. The Bertz CT molecular complexity index is 748. The first-order chi connectivity index (χ1) is 9.25. The molecule has 3 aromatic rings. The van der Waals surface area contributed by atoms with Crippen LogP contribution in [0, 0.1) is 0 Å². The third-order valence-electron chi connectivity index (χ3n) is 2.88. The van der Waals surface area contributed by atoms with Crippen LogP contribution in [0.2, 0.25) is 0 Å². The Kier molecular flexibility index (Phi) is 2.64. The number of para-hydroxylation sites is 2. The van der Waals surface area contributed by atoms with Gasteiger partial charge in [0.05, 0.1) is 28.7 Å². The molecule has 19 heavy (non-hydrogen) atoms. The van der Waals surface area contributed by atoms with E-state index in [1.807, 2.05) is 30.3 Å². The van der Waals surface area contributed by atoms with Gasteiger partial charge in [-0.2, -0.15) is 5.10 Å². The Morgan fingerprint density at radius 1 is 1.16 bits per heavy atom. The van der Waals surface area contributed by atoms with Crippen molar-refractivity contribution in [2.45, 2.75) is 0 Å². The van der Waals surface area contributed by atoms with Gasteiger partial charge in [0, 0.05) is 6.20 Å². The molecule has 0 fully saturated rings. The number of carbonyl (C=O) groups excluding carboxylic acids is 1. The second-order valence-electron chi connectivity index (χ2n) is 4.13. The van der Waals surface area contributed by atoms with Crippen molar-refractivity contribution in [1.29, 1.82) is 0 Å². The lowest BCUT2D eigenvalue weighted by atomic mass is 10.2. The summed E-state index contributed by atoms with van der Waals surface area (Å²) < 4.78 is 1.66. The molecule has 5 heteroatoms. The number of nitrogens with one attached hydrogen (secondary N) is 1. The number of fused-ring (bicyclic) bond motifs is 1. The molecule has 2 heterocycles. The van der Waals surface area contributed by atoms with E-state index in [1.54, 1.807) is 29.0 Å². The first-order valence-electron chi connectivity index (χ1n) is 5.84. The molecule has 0 saturated carbocycles. The minimum absolute atomic E-state index is 0.223. The summed E-state index contributed by atoms with van der Waals surface area (Å²) in [5.41, 5.74) is 8.21. The molecular formula is C14H12N4O. The fourth-order valence-electron chi connectivity index (χ4n) is 1.91. The van der Waals surface area contributed by atoms with Crippen LogP contribution in [-0.4, -0.2) is 15.5 Å². The molecule has 1 amide bonds. The Labute approximate surface area is 109 Å². The molecule has 0 radical (unpaired) electrons. The second-order valence-corrected chi connectivity index (χ2v) is 4.13. The van der Waals surface area contributed by atoms with Gasteiger partial charge in [-0.3, -0.25) is 4.79 Å². The van der Waals surface area contributed by atoms with Crippen molar-refractivity contribution in [3.8, 4) is 0 Å². The number of nitrogens with zero attached hydrogens (tertiary/aromatic N) is 2. The summed E-state index contributed by atoms with van der Waals surface area (Å²) in [5.74, 6) is -0.223. The van der Waals surface area contributed by atoms with Crippen molar-refractivity contribution >= 4 is 22.8 Å². The Morgan fingerprint density at radius 3 is 2.79 bits per heavy atom. The van der Waals surface area contributed by atoms with Crippen LogP contribution in [-0.2, 0) is 0 Å². The van der Waals surface area contributed by atoms with Gasteiger partial charge in [-0.25, -0.2) is 4.52 Å². The largest absolute Gasteiger partial charge is 0.397 e. The van der Waals surface area contributed by atoms with Crippen LogP contribution in [0.3, 0.4) is 0 Å². The number of pyridine rings is 1. The van der Waals surface area contributed by atoms with Gasteiger partial charge >= 0.3 is 0 Å². The quantitative estimate of drug-likeness (QED) is 0.686. The first-order valence-corrected chi connectivity index (χ1v) is 5.84. The number of rotatable bonds is 2. The molecule has 0 atom stereocenters. The van der Waals surface area contributed by atoms with Gasteiger partial charge in [0.25, 0.3) is 5.91 Å². The van der Waals surface area contributed by atoms with Crippen molar-refractivity contribution in [3.63, 3.8) is 0 Å². The number of nitrogens with two attached hydrogens (primary N) is 1. The third-order valence-corrected chi connectivity index (χ3v) is 2.88.